The number of carbonyl (C=O) groups excluding carboxylic acids is 1. The van der Waals surface area contributed by atoms with E-state index < -0.39 is 0 Å². The topological polar surface area (TPSA) is 38.3 Å². The van der Waals surface area contributed by atoms with Crippen molar-refractivity contribution in [2.45, 2.75) is 6.92 Å². The van der Waals surface area contributed by atoms with E-state index in [1.807, 2.05) is 37.3 Å². The summed E-state index contributed by atoms with van der Waals surface area (Å²) >= 11 is 9.24. The van der Waals surface area contributed by atoms with E-state index in [1.54, 1.807) is 12.1 Å². The van der Waals surface area contributed by atoms with Crippen molar-refractivity contribution in [1.29, 1.82) is 0 Å². The minimum Gasteiger partial charge on any atom is -0.483 e. The van der Waals surface area contributed by atoms with Crippen LogP contribution in [0.25, 0.3) is 0 Å². The zero-order valence-electron chi connectivity index (χ0n) is 10.8. The summed E-state index contributed by atoms with van der Waals surface area (Å²) in [5.41, 5.74) is 1.65. The number of nitrogens with one attached hydrogen (secondary N) is 1. The van der Waals surface area contributed by atoms with Crippen molar-refractivity contribution < 1.29 is 9.53 Å². The van der Waals surface area contributed by atoms with Gasteiger partial charge in [0, 0.05) is 15.2 Å². The van der Waals surface area contributed by atoms with Gasteiger partial charge < -0.3 is 10.1 Å². The summed E-state index contributed by atoms with van der Waals surface area (Å²) in [4.78, 5) is 11.8. The SMILES string of the molecule is Cc1ccc(Cl)cc1OCC(=O)Nc1cccc(Br)c1. The van der Waals surface area contributed by atoms with Gasteiger partial charge in [-0.2, -0.15) is 0 Å². The second kappa shape index (κ2) is 6.77. The van der Waals surface area contributed by atoms with Crippen molar-refractivity contribution in [3.63, 3.8) is 0 Å². The predicted molar refractivity (Wildman–Crippen MR) is 84.5 cm³/mol. The minimum atomic E-state index is -0.220. The number of hydrogen-bond acceptors (Lipinski definition) is 2. The molecule has 0 aliphatic carbocycles. The van der Waals surface area contributed by atoms with Crippen LogP contribution in [-0.2, 0) is 4.79 Å². The fourth-order valence-corrected chi connectivity index (χ4v) is 2.20. The highest BCUT2D eigenvalue weighted by atomic mass is 79.9. The van der Waals surface area contributed by atoms with E-state index in [2.05, 4.69) is 21.2 Å². The second-order valence-corrected chi connectivity index (χ2v) is 5.61. The summed E-state index contributed by atoms with van der Waals surface area (Å²) in [7, 11) is 0. The number of rotatable bonds is 4. The van der Waals surface area contributed by atoms with Crippen LogP contribution >= 0.6 is 27.5 Å². The Balaban J connectivity index is 1.94. The van der Waals surface area contributed by atoms with E-state index in [1.165, 1.54) is 0 Å². The lowest BCUT2D eigenvalue weighted by Gasteiger charge is -2.10. The fraction of sp³-hybridized carbons (Fsp3) is 0.133. The highest BCUT2D eigenvalue weighted by molar-refractivity contribution is 9.10. The van der Waals surface area contributed by atoms with Crippen molar-refractivity contribution in [1.82, 2.24) is 0 Å². The Kier molecular flexibility index (Phi) is 5.04. The predicted octanol–water partition coefficient (Wildman–Crippen LogP) is 4.43. The van der Waals surface area contributed by atoms with E-state index in [4.69, 9.17) is 16.3 Å². The lowest BCUT2D eigenvalue weighted by atomic mass is 10.2. The van der Waals surface area contributed by atoms with Gasteiger partial charge in [-0.25, -0.2) is 0 Å². The third-order valence-corrected chi connectivity index (χ3v) is 3.35. The summed E-state index contributed by atoms with van der Waals surface area (Å²) in [6.07, 6.45) is 0. The Morgan fingerprint density at radius 1 is 1.30 bits per heavy atom. The van der Waals surface area contributed by atoms with Crippen molar-refractivity contribution >= 4 is 39.1 Å². The molecular formula is C15H13BrClNO2. The molecular weight excluding hydrogens is 342 g/mol. The molecule has 0 saturated heterocycles. The van der Waals surface area contributed by atoms with Gasteiger partial charge in [0.1, 0.15) is 5.75 Å². The van der Waals surface area contributed by atoms with Crippen LogP contribution < -0.4 is 10.1 Å². The lowest BCUT2D eigenvalue weighted by molar-refractivity contribution is -0.118. The van der Waals surface area contributed by atoms with Crippen LogP contribution in [0.3, 0.4) is 0 Å². The van der Waals surface area contributed by atoms with Crippen molar-refractivity contribution in [3.05, 3.63) is 57.5 Å². The second-order valence-electron chi connectivity index (χ2n) is 4.26. The fourth-order valence-electron chi connectivity index (χ4n) is 1.64. The van der Waals surface area contributed by atoms with Crippen molar-refractivity contribution in [3.8, 4) is 5.75 Å². The molecule has 0 fully saturated rings. The molecule has 0 saturated carbocycles. The standard InChI is InChI=1S/C15H13BrClNO2/c1-10-5-6-12(17)8-14(10)20-9-15(19)18-13-4-2-3-11(16)7-13/h2-8H,9H2,1H3,(H,18,19). The van der Waals surface area contributed by atoms with Crippen molar-refractivity contribution in [2.75, 3.05) is 11.9 Å². The molecule has 0 aliphatic heterocycles. The molecule has 20 heavy (non-hydrogen) atoms. The van der Waals surface area contributed by atoms with E-state index >= 15 is 0 Å². The molecule has 0 atom stereocenters. The normalized spacial score (nSPS) is 10.2. The Hall–Kier alpha value is -1.52. The average molecular weight is 355 g/mol. The third kappa shape index (κ3) is 4.25. The average Bonchev–Trinajstić information content (AvgIpc) is 2.40. The Morgan fingerprint density at radius 3 is 2.85 bits per heavy atom. The number of ether oxygens (including phenoxy) is 1. The highest BCUT2D eigenvalue weighted by Crippen LogP contribution is 2.22. The van der Waals surface area contributed by atoms with Crippen LogP contribution in [0, 0.1) is 6.92 Å². The molecule has 3 nitrogen and oxygen atoms in total. The lowest BCUT2D eigenvalue weighted by Crippen LogP contribution is -2.20. The maximum Gasteiger partial charge on any atom is 0.262 e. The summed E-state index contributed by atoms with van der Waals surface area (Å²) in [5.74, 6) is 0.393. The third-order valence-electron chi connectivity index (χ3n) is 2.62. The smallest absolute Gasteiger partial charge is 0.262 e. The molecule has 2 aromatic rings. The molecule has 0 aliphatic rings. The Labute approximate surface area is 131 Å². The first-order chi connectivity index (χ1) is 9.54. The first-order valence-corrected chi connectivity index (χ1v) is 7.16. The van der Waals surface area contributed by atoms with Gasteiger partial charge in [-0.3, -0.25) is 4.79 Å². The summed E-state index contributed by atoms with van der Waals surface area (Å²) < 4.78 is 6.38. The van der Waals surface area contributed by atoms with Gasteiger partial charge in [-0.05, 0) is 42.8 Å². The van der Waals surface area contributed by atoms with Gasteiger partial charge in [0.25, 0.3) is 5.91 Å². The highest BCUT2D eigenvalue weighted by Gasteiger charge is 2.06. The summed E-state index contributed by atoms with van der Waals surface area (Å²) in [5, 5.41) is 3.34. The van der Waals surface area contributed by atoms with Gasteiger partial charge in [0.05, 0.1) is 0 Å². The van der Waals surface area contributed by atoms with Crippen LogP contribution in [0.4, 0.5) is 5.69 Å². The zero-order valence-corrected chi connectivity index (χ0v) is 13.2. The van der Waals surface area contributed by atoms with Gasteiger partial charge in [0.2, 0.25) is 0 Å². The molecule has 0 unspecified atom stereocenters. The Morgan fingerprint density at radius 2 is 2.10 bits per heavy atom. The van der Waals surface area contributed by atoms with Gasteiger partial charge in [-0.1, -0.05) is 39.7 Å². The van der Waals surface area contributed by atoms with Crippen LogP contribution in [-0.4, -0.2) is 12.5 Å². The van der Waals surface area contributed by atoms with Gasteiger partial charge in [0.15, 0.2) is 6.61 Å². The first kappa shape index (κ1) is 14.9. The quantitative estimate of drug-likeness (QED) is 0.882. The number of aryl methyl sites for hydroxylation is 1. The molecule has 0 aromatic heterocycles. The number of carbonyl (C=O) groups is 1. The molecule has 104 valence electrons. The van der Waals surface area contributed by atoms with E-state index in [0.717, 1.165) is 15.7 Å². The first-order valence-electron chi connectivity index (χ1n) is 5.99. The maximum absolute atomic E-state index is 11.8. The summed E-state index contributed by atoms with van der Waals surface area (Å²) in [6, 6.07) is 12.7. The minimum absolute atomic E-state index is 0.0618. The summed E-state index contributed by atoms with van der Waals surface area (Å²) in [6.45, 7) is 1.84. The van der Waals surface area contributed by atoms with Crippen LogP contribution in [0.2, 0.25) is 5.02 Å². The number of benzene rings is 2. The van der Waals surface area contributed by atoms with Crippen molar-refractivity contribution in [2.24, 2.45) is 0 Å². The van der Waals surface area contributed by atoms with Crippen LogP contribution in [0.5, 0.6) is 5.75 Å². The van der Waals surface area contributed by atoms with Crippen LogP contribution in [0.1, 0.15) is 5.56 Å². The molecule has 5 heteroatoms. The Bertz CT molecular complexity index is 631. The molecule has 2 aromatic carbocycles. The molecule has 1 N–H and O–H groups in total. The van der Waals surface area contributed by atoms with E-state index in [-0.39, 0.29) is 12.5 Å². The van der Waals surface area contributed by atoms with E-state index in [0.29, 0.717) is 10.8 Å². The largest absolute Gasteiger partial charge is 0.483 e. The zero-order chi connectivity index (χ0) is 14.5. The molecule has 0 radical (unpaired) electrons. The van der Waals surface area contributed by atoms with Crippen LogP contribution in [0.15, 0.2) is 46.9 Å². The molecule has 0 bridgehead atoms. The number of halogens is 2. The van der Waals surface area contributed by atoms with Gasteiger partial charge in [-0.15, -0.1) is 0 Å². The number of amides is 1. The molecule has 1 amide bonds. The molecule has 0 spiro atoms. The van der Waals surface area contributed by atoms with E-state index in [9.17, 15) is 4.79 Å². The monoisotopic (exact) mass is 353 g/mol. The number of anilines is 1. The van der Waals surface area contributed by atoms with Gasteiger partial charge >= 0.3 is 0 Å². The molecule has 2 rings (SSSR count). The molecule has 0 heterocycles. The number of hydrogen-bond donors (Lipinski definition) is 1. The maximum atomic E-state index is 11.8.